The van der Waals surface area contributed by atoms with E-state index in [1.54, 1.807) is 6.92 Å². The average molecular weight is 269 g/mol. The summed E-state index contributed by atoms with van der Waals surface area (Å²) in [6.45, 7) is 4.79. The molecule has 0 atom stereocenters. The first kappa shape index (κ1) is 15.4. The molecule has 0 aliphatic heterocycles. The predicted molar refractivity (Wildman–Crippen MR) is 71.6 cm³/mol. The zero-order valence-electron chi connectivity index (χ0n) is 11.3. The number of rotatable bonds is 7. The number of carbonyl (C=O) groups excluding carboxylic acids is 1. The maximum atomic E-state index is 14.1. The van der Waals surface area contributed by atoms with Crippen LogP contribution in [0.3, 0.4) is 0 Å². The maximum absolute atomic E-state index is 14.1. The molecule has 0 aliphatic rings. The minimum atomic E-state index is -0.641. The van der Waals surface area contributed by atoms with Crippen molar-refractivity contribution in [3.8, 4) is 0 Å². The Labute approximate surface area is 112 Å². The lowest BCUT2D eigenvalue weighted by Crippen LogP contribution is -2.34. The van der Waals surface area contributed by atoms with Gasteiger partial charge in [0.15, 0.2) is 11.6 Å². The standard InChI is InChI=1S/C13H20FN3O2/c1-3-6-15-12-11(14)10(5-7-16-12)13(19)17(4-2)8-9-18/h5,7,18H,3-4,6,8-9H2,1-2H3,(H,15,16). The lowest BCUT2D eigenvalue weighted by atomic mass is 10.2. The van der Waals surface area contributed by atoms with Crippen molar-refractivity contribution in [3.63, 3.8) is 0 Å². The average Bonchev–Trinajstić information content (AvgIpc) is 2.43. The van der Waals surface area contributed by atoms with Crippen LogP contribution in [0.15, 0.2) is 12.3 Å². The van der Waals surface area contributed by atoms with Crippen LogP contribution < -0.4 is 5.32 Å². The van der Waals surface area contributed by atoms with Gasteiger partial charge in [0.1, 0.15) is 0 Å². The van der Waals surface area contributed by atoms with Gasteiger partial charge in [-0.2, -0.15) is 0 Å². The highest BCUT2D eigenvalue weighted by atomic mass is 19.1. The van der Waals surface area contributed by atoms with Gasteiger partial charge in [-0.3, -0.25) is 4.79 Å². The number of halogens is 1. The molecule has 2 N–H and O–H groups in total. The van der Waals surface area contributed by atoms with Gasteiger partial charge in [-0.1, -0.05) is 6.92 Å². The SMILES string of the molecule is CCCNc1nccc(C(=O)N(CC)CCO)c1F. The molecule has 1 amide bonds. The maximum Gasteiger partial charge on any atom is 0.257 e. The minimum absolute atomic E-state index is 0.0242. The molecule has 0 radical (unpaired) electrons. The first-order chi connectivity index (χ1) is 9.15. The van der Waals surface area contributed by atoms with E-state index in [1.165, 1.54) is 17.2 Å². The number of carbonyl (C=O) groups is 1. The molecular weight excluding hydrogens is 249 g/mol. The number of aromatic nitrogens is 1. The summed E-state index contributed by atoms with van der Waals surface area (Å²) in [6.07, 6.45) is 2.24. The molecule has 5 nitrogen and oxygen atoms in total. The van der Waals surface area contributed by atoms with Gasteiger partial charge in [0.05, 0.1) is 12.2 Å². The number of hydrogen-bond acceptors (Lipinski definition) is 4. The van der Waals surface area contributed by atoms with Gasteiger partial charge < -0.3 is 15.3 Å². The summed E-state index contributed by atoms with van der Waals surface area (Å²) in [7, 11) is 0. The second kappa shape index (κ2) is 7.68. The Bertz CT molecular complexity index is 426. The first-order valence-electron chi connectivity index (χ1n) is 6.44. The molecule has 0 aromatic carbocycles. The van der Waals surface area contributed by atoms with Crippen LogP contribution in [0.5, 0.6) is 0 Å². The van der Waals surface area contributed by atoms with E-state index < -0.39 is 11.7 Å². The topological polar surface area (TPSA) is 65.5 Å². The molecule has 0 saturated carbocycles. The second-order valence-electron chi connectivity index (χ2n) is 4.06. The fourth-order valence-electron chi connectivity index (χ4n) is 1.67. The molecule has 0 aliphatic carbocycles. The zero-order valence-corrected chi connectivity index (χ0v) is 11.3. The molecule has 6 heteroatoms. The smallest absolute Gasteiger partial charge is 0.257 e. The summed E-state index contributed by atoms with van der Waals surface area (Å²) in [5.74, 6) is -0.985. The second-order valence-corrected chi connectivity index (χ2v) is 4.06. The van der Waals surface area contributed by atoms with Gasteiger partial charge in [0.2, 0.25) is 0 Å². The Morgan fingerprint density at radius 2 is 2.26 bits per heavy atom. The highest BCUT2D eigenvalue weighted by Gasteiger charge is 2.20. The Balaban J connectivity index is 2.96. The number of hydrogen-bond donors (Lipinski definition) is 2. The Morgan fingerprint density at radius 1 is 1.53 bits per heavy atom. The van der Waals surface area contributed by atoms with Crippen molar-refractivity contribution in [1.82, 2.24) is 9.88 Å². The van der Waals surface area contributed by atoms with Crippen LogP contribution in [0.25, 0.3) is 0 Å². The molecule has 1 aromatic heterocycles. The molecule has 0 unspecified atom stereocenters. The predicted octanol–water partition coefficient (Wildman–Crippen LogP) is 1.50. The molecule has 1 rings (SSSR count). The van der Waals surface area contributed by atoms with Gasteiger partial charge in [-0.05, 0) is 19.4 Å². The highest BCUT2D eigenvalue weighted by molar-refractivity contribution is 5.95. The third-order valence-electron chi connectivity index (χ3n) is 2.70. The van der Waals surface area contributed by atoms with Crippen molar-refractivity contribution in [3.05, 3.63) is 23.6 Å². The fourth-order valence-corrected chi connectivity index (χ4v) is 1.67. The molecular formula is C13H20FN3O2. The summed E-state index contributed by atoms with van der Waals surface area (Å²) in [5.41, 5.74) is -0.0242. The van der Waals surface area contributed by atoms with Gasteiger partial charge in [-0.15, -0.1) is 0 Å². The fraction of sp³-hybridized carbons (Fsp3) is 0.538. The summed E-state index contributed by atoms with van der Waals surface area (Å²) in [4.78, 5) is 17.4. The Kier molecular flexibility index (Phi) is 6.21. The molecule has 0 spiro atoms. The molecule has 0 bridgehead atoms. The van der Waals surface area contributed by atoms with Crippen LogP contribution in [-0.4, -0.2) is 47.1 Å². The molecule has 19 heavy (non-hydrogen) atoms. The van der Waals surface area contributed by atoms with E-state index in [2.05, 4.69) is 10.3 Å². The van der Waals surface area contributed by atoms with Crippen molar-refractivity contribution in [2.45, 2.75) is 20.3 Å². The number of nitrogens with zero attached hydrogens (tertiary/aromatic N) is 2. The summed E-state index contributed by atoms with van der Waals surface area (Å²) in [5, 5.41) is 11.7. The van der Waals surface area contributed by atoms with Gasteiger partial charge in [0, 0.05) is 25.8 Å². The van der Waals surface area contributed by atoms with Crippen LogP contribution in [0.2, 0.25) is 0 Å². The van der Waals surface area contributed by atoms with Crippen LogP contribution in [0, 0.1) is 5.82 Å². The largest absolute Gasteiger partial charge is 0.395 e. The van der Waals surface area contributed by atoms with Crippen molar-refractivity contribution in [2.75, 3.05) is 31.6 Å². The highest BCUT2D eigenvalue weighted by Crippen LogP contribution is 2.16. The molecule has 1 aromatic rings. The summed E-state index contributed by atoms with van der Waals surface area (Å²) < 4.78 is 14.1. The number of aliphatic hydroxyl groups is 1. The van der Waals surface area contributed by atoms with Crippen molar-refractivity contribution in [1.29, 1.82) is 0 Å². The molecule has 1 heterocycles. The lowest BCUT2D eigenvalue weighted by molar-refractivity contribution is 0.0727. The van der Waals surface area contributed by atoms with Crippen LogP contribution in [-0.2, 0) is 0 Å². The summed E-state index contributed by atoms with van der Waals surface area (Å²) >= 11 is 0. The summed E-state index contributed by atoms with van der Waals surface area (Å²) in [6, 6.07) is 1.36. The van der Waals surface area contributed by atoms with Crippen LogP contribution >= 0.6 is 0 Å². The van der Waals surface area contributed by atoms with Crippen molar-refractivity contribution >= 4 is 11.7 Å². The lowest BCUT2D eigenvalue weighted by Gasteiger charge is -2.20. The normalized spacial score (nSPS) is 10.3. The third kappa shape index (κ3) is 3.89. The zero-order chi connectivity index (χ0) is 14.3. The number of nitrogens with one attached hydrogen (secondary N) is 1. The van der Waals surface area contributed by atoms with E-state index in [9.17, 15) is 9.18 Å². The number of aliphatic hydroxyl groups excluding tert-OH is 1. The van der Waals surface area contributed by atoms with Crippen LogP contribution in [0.1, 0.15) is 30.6 Å². The van der Waals surface area contributed by atoms with E-state index in [1.807, 2.05) is 6.92 Å². The van der Waals surface area contributed by atoms with E-state index in [0.29, 0.717) is 13.1 Å². The number of likely N-dealkylation sites (N-methyl/N-ethyl adjacent to an activating group) is 1. The third-order valence-corrected chi connectivity index (χ3v) is 2.70. The minimum Gasteiger partial charge on any atom is -0.395 e. The van der Waals surface area contributed by atoms with Crippen molar-refractivity contribution in [2.24, 2.45) is 0 Å². The Hall–Kier alpha value is -1.69. The van der Waals surface area contributed by atoms with E-state index >= 15 is 0 Å². The Morgan fingerprint density at radius 3 is 2.84 bits per heavy atom. The van der Waals surface area contributed by atoms with E-state index in [0.717, 1.165) is 6.42 Å². The van der Waals surface area contributed by atoms with E-state index in [-0.39, 0.29) is 24.5 Å². The monoisotopic (exact) mass is 269 g/mol. The quantitative estimate of drug-likeness (QED) is 0.787. The molecule has 106 valence electrons. The molecule has 0 saturated heterocycles. The van der Waals surface area contributed by atoms with Crippen molar-refractivity contribution < 1.29 is 14.3 Å². The van der Waals surface area contributed by atoms with E-state index in [4.69, 9.17) is 5.11 Å². The molecule has 0 fully saturated rings. The van der Waals surface area contributed by atoms with Crippen LogP contribution in [0.4, 0.5) is 10.2 Å². The number of pyridine rings is 1. The first-order valence-corrected chi connectivity index (χ1v) is 6.44. The van der Waals surface area contributed by atoms with Gasteiger partial charge >= 0.3 is 0 Å². The number of amides is 1. The van der Waals surface area contributed by atoms with Gasteiger partial charge in [0.25, 0.3) is 5.91 Å². The number of anilines is 1. The van der Waals surface area contributed by atoms with Gasteiger partial charge in [-0.25, -0.2) is 9.37 Å².